The minimum Gasteiger partial charge on any atom is -0.480 e. The van der Waals surface area contributed by atoms with E-state index in [4.69, 9.17) is 5.11 Å². The predicted octanol–water partition coefficient (Wildman–Crippen LogP) is 1.80. The van der Waals surface area contributed by atoms with Gasteiger partial charge in [-0.15, -0.1) is 0 Å². The van der Waals surface area contributed by atoms with Crippen LogP contribution in [0.2, 0.25) is 0 Å². The molecule has 1 N–H and O–H groups in total. The number of nitrogens with zero attached hydrogens (tertiary/aromatic N) is 2. The smallest absolute Gasteiger partial charge is 0.317 e. The van der Waals surface area contributed by atoms with E-state index in [1.54, 1.807) is 0 Å². The Morgan fingerprint density at radius 1 is 1.44 bits per heavy atom. The second-order valence-electron chi connectivity index (χ2n) is 4.87. The standard InChI is InChI=1S/C14H20N2O2/c1-3-12-9-15(2)13-7-5-4-6-11(13)8-16(12)10-14(17)18/h4-7,12H,3,8-10H2,1-2H3,(H,17,18). The molecule has 2 rings (SSSR count). The van der Waals surface area contributed by atoms with Crippen LogP contribution in [0.4, 0.5) is 5.69 Å². The number of carboxylic acids is 1. The van der Waals surface area contributed by atoms with Gasteiger partial charge in [-0.05, 0) is 18.1 Å². The fourth-order valence-electron chi connectivity index (χ4n) is 2.64. The molecule has 1 aliphatic rings. The van der Waals surface area contributed by atoms with Crippen molar-refractivity contribution in [2.75, 3.05) is 25.0 Å². The molecule has 18 heavy (non-hydrogen) atoms. The van der Waals surface area contributed by atoms with Crippen LogP contribution in [-0.4, -0.2) is 42.2 Å². The van der Waals surface area contributed by atoms with E-state index < -0.39 is 5.97 Å². The number of aliphatic carboxylic acids is 1. The molecule has 1 aromatic rings. The Kier molecular flexibility index (Phi) is 3.87. The van der Waals surface area contributed by atoms with E-state index in [1.807, 2.05) is 12.1 Å². The zero-order valence-electron chi connectivity index (χ0n) is 11.0. The number of hydrogen-bond acceptors (Lipinski definition) is 3. The van der Waals surface area contributed by atoms with Crippen LogP contribution in [-0.2, 0) is 11.3 Å². The number of anilines is 1. The van der Waals surface area contributed by atoms with Crippen LogP contribution in [0.1, 0.15) is 18.9 Å². The average molecular weight is 248 g/mol. The first-order valence-corrected chi connectivity index (χ1v) is 6.36. The van der Waals surface area contributed by atoms with Crippen molar-refractivity contribution in [3.8, 4) is 0 Å². The van der Waals surface area contributed by atoms with Crippen molar-refractivity contribution in [3.63, 3.8) is 0 Å². The summed E-state index contributed by atoms with van der Waals surface area (Å²) < 4.78 is 0. The van der Waals surface area contributed by atoms with Gasteiger partial charge in [0.25, 0.3) is 0 Å². The third-order valence-corrected chi connectivity index (χ3v) is 3.59. The van der Waals surface area contributed by atoms with Crippen LogP contribution in [0.15, 0.2) is 24.3 Å². The van der Waals surface area contributed by atoms with E-state index >= 15 is 0 Å². The molecule has 1 unspecified atom stereocenters. The highest BCUT2D eigenvalue weighted by Gasteiger charge is 2.26. The molecule has 0 saturated carbocycles. The second kappa shape index (κ2) is 5.40. The Morgan fingerprint density at radius 3 is 2.83 bits per heavy atom. The molecule has 0 fully saturated rings. The van der Waals surface area contributed by atoms with Gasteiger partial charge in [-0.25, -0.2) is 0 Å². The van der Waals surface area contributed by atoms with Gasteiger partial charge in [0.1, 0.15) is 0 Å². The molecule has 1 aromatic carbocycles. The fraction of sp³-hybridized carbons (Fsp3) is 0.500. The molecule has 0 spiro atoms. The number of benzene rings is 1. The SMILES string of the molecule is CCC1CN(C)c2ccccc2CN1CC(=O)O. The monoisotopic (exact) mass is 248 g/mol. The minimum atomic E-state index is -0.754. The average Bonchev–Trinajstić information content (AvgIpc) is 2.47. The second-order valence-corrected chi connectivity index (χ2v) is 4.87. The van der Waals surface area contributed by atoms with Crippen LogP contribution in [0.25, 0.3) is 0 Å². The number of hydrogen-bond donors (Lipinski definition) is 1. The highest BCUT2D eigenvalue weighted by molar-refractivity contribution is 5.69. The molecule has 0 aliphatic carbocycles. The largest absolute Gasteiger partial charge is 0.480 e. The highest BCUT2D eigenvalue weighted by Crippen LogP contribution is 2.26. The first-order valence-electron chi connectivity index (χ1n) is 6.36. The number of para-hydroxylation sites is 1. The molecule has 0 saturated heterocycles. The van der Waals surface area contributed by atoms with Crippen molar-refractivity contribution in [2.45, 2.75) is 25.9 Å². The number of carbonyl (C=O) groups is 1. The maximum atomic E-state index is 11.0. The van der Waals surface area contributed by atoms with E-state index in [2.05, 4.69) is 35.9 Å². The quantitative estimate of drug-likeness (QED) is 0.886. The van der Waals surface area contributed by atoms with Crippen molar-refractivity contribution < 1.29 is 9.90 Å². The molecule has 4 nitrogen and oxygen atoms in total. The van der Waals surface area contributed by atoms with Crippen LogP contribution < -0.4 is 4.90 Å². The van der Waals surface area contributed by atoms with Crippen molar-refractivity contribution in [3.05, 3.63) is 29.8 Å². The van der Waals surface area contributed by atoms with Crippen LogP contribution >= 0.6 is 0 Å². The molecule has 1 heterocycles. The summed E-state index contributed by atoms with van der Waals surface area (Å²) in [5.41, 5.74) is 2.42. The lowest BCUT2D eigenvalue weighted by molar-refractivity contribution is -0.139. The molecule has 0 bridgehead atoms. The van der Waals surface area contributed by atoms with E-state index in [0.717, 1.165) is 13.0 Å². The van der Waals surface area contributed by atoms with Gasteiger partial charge >= 0.3 is 5.97 Å². The summed E-state index contributed by atoms with van der Waals surface area (Å²) in [6.45, 7) is 3.82. The van der Waals surface area contributed by atoms with E-state index in [-0.39, 0.29) is 6.54 Å². The van der Waals surface area contributed by atoms with Crippen LogP contribution in [0, 0.1) is 0 Å². The Labute approximate surface area is 108 Å². The number of likely N-dealkylation sites (N-methyl/N-ethyl adjacent to an activating group) is 1. The Morgan fingerprint density at radius 2 is 2.17 bits per heavy atom. The molecule has 0 aromatic heterocycles. The van der Waals surface area contributed by atoms with E-state index in [0.29, 0.717) is 12.6 Å². The molecular weight excluding hydrogens is 228 g/mol. The number of carboxylic acid groups (broad SMARTS) is 1. The third-order valence-electron chi connectivity index (χ3n) is 3.59. The summed E-state index contributed by atoms with van der Waals surface area (Å²) in [6, 6.07) is 8.52. The lowest BCUT2D eigenvalue weighted by atomic mass is 10.1. The first kappa shape index (κ1) is 12.9. The molecular formula is C14H20N2O2. The van der Waals surface area contributed by atoms with Gasteiger partial charge < -0.3 is 10.0 Å². The van der Waals surface area contributed by atoms with E-state index in [1.165, 1.54) is 11.3 Å². The predicted molar refractivity (Wildman–Crippen MR) is 71.8 cm³/mol. The summed E-state index contributed by atoms with van der Waals surface area (Å²) in [6.07, 6.45) is 0.964. The first-order chi connectivity index (χ1) is 8.61. The van der Waals surface area contributed by atoms with Crippen LogP contribution in [0.3, 0.4) is 0 Å². The number of rotatable bonds is 3. The van der Waals surface area contributed by atoms with Crippen molar-refractivity contribution in [2.24, 2.45) is 0 Å². The maximum absolute atomic E-state index is 11.0. The summed E-state index contributed by atoms with van der Waals surface area (Å²) >= 11 is 0. The summed E-state index contributed by atoms with van der Waals surface area (Å²) in [5.74, 6) is -0.754. The fourth-order valence-corrected chi connectivity index (χ4v) is 2.64. The molecule has 1 aliphatic heterocycles. The minimum absolute atomic E-state index is 0.112. The molecule has 98 valence electrons. The molecule has 0 radical (unpaired) electrons. The van der Waals surface area contributed by atoms with Gasteiger partial charge in [-0.3, -0.25) is 9.69 Å². The highest BCUT2D eigenvalue weighted by atomic mass is 16.4. The Balaban J connectivity index is 2.30. The summed E-state index contributed by atoms with van der Waals surface area (Å²) in [5, 5.41) is 9.03. The van der Waals surface area contributed by atoms with Crippen molar-refractivity contribution in [1.82, 2.24) is 4.90 Å². The van der Waals surface area contributed by atoms with E-state index in [9.17, 15) is 4.79 Å². The van der Waals surface area contributed by atoms with Gasteiger partial charge in [-0.1, -0.05) is 25.1 Å². The normalized spacial score (nSPS) is 20.3. The van der Waals surface area contributed by atoms with Crippen molar-refractivity contribution >= 4 is 11.7 Å². The van der Waals surface area contributed by atoms with Gasteiger partial charge in [0.15, 0.2) is 0 Å². The molecule has 1 atom stereocenters. The van der Waals surface area contributed by atoms with Gasteiger partial charge in [0.05, 0.1) is 6.54 Å². The topological polar surface area (TPSA) is 43.8 Å². The lowest BCUT2D eigenvalue weighted by Gasteiger charge is -2.29. The summed E-state index contributed by atoms with van der Waals surface area (Å²) in [4.78, 5) is 15.3. The third kappa shape index (κ3) is 2.64. The lowest BCUT2D eigenvalue weighted by Crippen LogP contribution is -2.42. The van der Waals surface area contributed by atoms with Gasteiger partial charge in [-0.2, -0.15) is 0 Å². The number of fused-ring (bicyclic) bond motifs is 1. The maximum Gasteiger partial charge on any atom is 0.317 e. The zero-order chi connectivity index (χ0) is 13.1. The molecule has 0 amide bonds. The Bertz CT molecular complexity index is 434. The van der Waals surface area contributed by atoms with Gasteiger partial charge in [0, 0.05) is 31.9 Å². The summed E-state index contributed by atoms with van der Waals surface area (Å²) in [7, 11) is 2.08. The van der Waals surface area contributed by atoms with Crippen LogP contribution in [0.5, 0.6) is 0 Å². The zero-order valence-corrected chi connectivity index (χ0v) is 11.0. The molecule has 4 heteroatoms. The van der Waals surface area contributed by atoms with Crippen molar-refractivity contribution in [1.29, 1.82) is 0 Å². The Hall–Kier alpha value is -1.55. The van der Waals surface area contributed by atoms with Gasteiger partial charge in [0.2, 0.25) is 0 Å².